The number of rotatable bonds is 4. The zero-order valence-corrected chi connectivity index (χ0v) is 18.1. The van der Waals surface area contributed by atoms with Gasteiger partial charge in [0.2, 0.25) is 5.91 Å². The van der Waals surface area contributed by atoms with Crippen LogP contribution in [0.1, 0.15) is 11.7 Å². The molecular formula is C18H24FIN6O2. The van der Waals surface area contributed by atoms with Crippen molar-refractivity contribution in [2.24, 2.45) is 12.0 Å². The van der Waals surface area contributed by atoms with Crippen LogP contribution in [-0.2, 0) is 11.8 Å². The first-order valence-corrected chi connectivity index (χ1v) is 8.66. The number of halogens is 2. The number of nitrogens with zero attached hydrogens (tertiary/aromatic N) is 5. The Bertz CT molecular complexity index is 843. The van der Waals surface area contributed by atoms with E-state index in [1.165, 1.54) is 12.1 Å². The molecule has 2 N–H and O–H groups in total. The highest BCUT2D eigenvalue weighted by molar-refractivity contribution is 14.0. The number of aryl methyl sites for hydroxylation is 1. The Morgan fingerprint density at radius 2 is 2.21 bits per heavy atom. The Morgan fingerprint density at radius 3 is 2.82 bits per heavy atom. The summed E-state index contributed by atoms with van der Waals surface area (Å²) in [5.74, 6) is 0.0700. The molecule has 3 rings (SSSR count). The smallest absolute Gasteiger partial charge is 0.246 e. The fourth-order valence-corrected chi connectivity index (χ4v) is 3.03. The van der Waals surface area contributed by atoms with Crippen LogP contribution >= 0.6 is 24.0 Å². The highest BCUT2D eigenvalue weighted by atomic mass is 127. The molecular weight excluding hydrogens is 478 g/mol. The van der Waals surface area contributed by atoms with Gasteiger partial charge >= 0.3 is 0 Å². The zero-order chi connectivity index (χ0) is 19.4. The third kappa shape index (κ3) is 5.19. The fourth-order valence-electron chi connectivity index (χ4n) is 3.03. The van der Waals surface area contributed by atoms with Gasteiger partial charge in [0, 0.05) is 39.9 Å². The predicted molar refractivity (Wildman–Crippen MR) is 115 cm³/mol. The van der Waals surface area contributed by atoms with E-state index in [4.69, 9.17) is 0 Å². The van der Waals surface area contributed by atoms with Crippen LogP contribution in [0.4, 0.5) is 10.1 Å². The van der Waals surface area contributed by atoms with Crippen molar-refractivity contribution in [1.82, 2.24) is 20.0 Å². The Labute approximate surface area is 180 Å². The van der Waals surface area contributed by atoms with Crippen LogP contribution in [0.25, 0.3) is 0 Å². The van der Waals surface area contributed by atoms with E-state index in [1.807, 2.05) is 4.90 Å². The molecule has 28 heavy (non-hydrogen) atoms. The van der Waals surface area contributed by atoms with Crippen molar-refractivity contribution >= 4 is 41.5 Å². The molecule has 1 aromatic carbocycles. The van der Waals surface area contributed by atoms with Gasteiger partial charge < -0.3 is 20.2 Å². The van der Waals surface area contributed by atoms with Crippen LogP contribution in [0.5, 0.6) is 0 Å². The van der Waals surface area contributed by atoms with Gasteiger partial charge in [-0.2, -0.15) is 5.10 Å². The average molecular weight is 502 g/mol. The largest absolute Gasteiger partial charge is 0.387 e. The Kier molecular flexibility index (Phi) is 7.75. The van der Waals surface area contributed by atoms with Crippen LogP contribution < -0.4 is 10.2 Å². The topological polar surface area (TPSA) is 86.0 Å². The van der Waals surface area contributed by atoms with E-state index in [9.17, 15) is 14.3 Å². The molecule has 1 fully saturated rings. The summed E-state index contributed by atoms with van der Waals surface area (Å²) < 4.78 is 14.9. The van der Waals surface area contributed by atoms with Gasteiger partial charge in [-0.25, -0.2) is 4.39 Å². The maximum absolute atomic E-state index is 13.3. The van der Waals surface area contributed by atoms with Crippen molar-refractivity contribution in [1.29, 1.82) is 0 Å². The van der Waals surface area contributed by atoms with E-state index >= 15 is 0 Å². The number of hydrogen-bond donors (Lipinski definition) is 2. The number of aliphatic hydroxyl groups excluding tert-OH is 1. The van der Waals surface area contributed by atoms with Gasteiger partial charge in [0.1, 0.15) is 12.4 Å². The van der Waals surface area contributed by atoms with Crippen molar-refractivity contribution < 1.29 is 14.3 Å². The summed E-state index contributed by atoms with van der Waals surface area (Å²) in [4.78, 5) is 20.2. The minimum absolute atomic E-state index is 0. The molecule has 1 saturated heterocycles. The molecule has 0 radical (unpaired) electrons. The zero-order valence-electron chi connectivity index (χ0n) is 15.7. The molecule has 10 heteroatoms. The lowest BCUT2D eigenvalue weighted by atomic mass is 10.1. The van der Waals surface area contributed by atoms with Gasteiger partial charge in [0.05, 0.1) is 18.0 Å². The van der Waals surface area contributed by atoms with Crippen molar-refractivity contribution in [3.8, 4) is 0 Å². The summed E-state index contributed by atoms with van der Waals surface area (Å²) >= 11 is 0. The molecule has 1 atom stereocenters. The maximum atomic E-state index is 13.3. The number of carbonyl (C=O) groups excluding carboxylic acids is 1. The molecule has 2 heterocycles. The summed E-state index contributed by atoms with van der Waals surface area (Å²) in [5, 5.41) is 17.4. The molecule has 8 nitrogen and oxygen atoms in total. The molecule has 152 valence electrons. The first-order chi connectivity index (χ1) is 13.0. The number of benzene rings is 1. The number of aliphatic imine (C=N–C) groups is 1. The van der Waals surface area contributed by atoms with Crippen molar-refractivity contribution in [3.63, 3.8) is 0 Å². The number of guanidine groups is 1. The van der Waals surface area contributed by atoms with Crippen molar-refractivity contribution in [2.75, 3.05) is 38.1 Å². The maximum Gasteiger partial charge on any atom is 0.246 e. The van der Waals surface area contributed by atoms with Gasteiger partial charge in [0.15, 0.2) is 5.96 Å². The van der Waals surface area contributed by atoms with Gasteiger partial charge in [-0.05, 0) is 17.7 Å². The van der Waals surface area contributed by atoms with Crippen molar-refractivity contribution in [2.45, 2.75) is 6.10 Å². The quantitative estimate of drug-likeness (QED) is 0.372. The summed E-state index contributed by atoms with van der Waals surface area (Å²) in [6.07, 6.45) is 2.58. The number of nitrogens with one attached hydrogen (secondary N) is 1. The summed E-state index contributed by atoms with van der Waals surface area (Å²) in [6.45, 7) is 1.44. The Morgan fingerprint density at radius 1 is 1.43 bits per heavy atom. The van der Waals surface area contributed by atoms with Gasteiger partial charge in [-0.15, -0.1) is 24.0 Å². The lowest BCUT2D eigenvalue weighted by Gasteiger charge is -2.35. The van der Waals surface area contributed by atoms with E-state index in [0.717, 1.165) is 5.69 Å². The third-order valence-corrected chi connectivity index (χ3v) is 4.42. The van der Waals surface area contributed by atoms with Crippen LogP contribution in [0.3, 0.4) is 0 Å². The van der Waals surface area contributed by atoms with Gasteiger partial charge in [0.25, 0.3) is 0 Å². The van der Waals surface area contributed by atoms with Crippen LogP contribution in [0.15, 0.2) is 41.7 Å². The normalized spacial score (nSPS) is 16.0. The number of piperazine rings is 1. The fraction of sp³-hybridized carbons (Fsp3) is 0.389. The number of hydrogen-bond acceptors (Lipinski definition) is 4. The molecule has 0 aliphatic carbocycles. The lowest BCUT2D eigenvalue weighted by Crippen LogP contribution is -2.55. The molecule has 1 aromatic heterocycles. The minimum atomic E-state index is -0.884. The van der Waals surface area contributed by atoms with Crippen LogP contribution in [-0.4, -0.2) is 64.9 Å². The number of aromatic nitrogens is 2. The predicted octanol–water partition coefficient (Wildman–Crippen LogP) is 1.13. The van der Waals surface area contributed by atoms with Crippen LogP contribution in [0, 0.1) is 5.82 Å². The van der Waals surface area contributed by atoms with E-state index < -0.39 is 11.9 Å². The van der Waals surface area contributed by atoms with E-state index in [0.29, 0.717) is 24.6 Å². The Hall–Kier alpha value is -2.21. The molecule has 0 bridgehead atoms. The molecule has 2 aromatic rings. The molecule has 0 spiro atoms. The molecule has 0 saturated carbocycles. The number of carbonyl (C=O) groups is 1. The van der Waals surface area contributed by atoms with E-state index in [-0.39, 0.29) is 43.0 Å². The standard InChI is InChI=1S/C18H23FN6O2.HI/c1-20-18(21-10-16(26)13-4-3-5-14(19)8-13)24-6-7-25(17(27)12-24)15-9-22-23(2)11-15;/h3-5,8-9,11,16,26H,6-7,10,12H2,1-2H3,(H,20,21);1H. The second kappa shape index (κ2) is 9.82. The third-order valence-electron chi connectivity index (χ3n) is 4.42. The van der Waals surface area contributed by atoms with Gasteiger partial charge in [-0.1, -0.05) is 12.1 Å². The SMILES string of the molecule is CN=C(NCC(O)c1cccc(F)c1)N1CCN(c2cnn(C)c2)C(=O)C1.I. The number of anilines is 1. The highest BCUT2D eigenvalue weighted by Crippen LogP contribution is 2.17. The monoisotopic (exact) mass is 502 g/mol. The molecule has 1 unspecified atom stereocenters. The minimum Gasteiger partial charge on any atom is -0.387 e. The summed E-state index contributed by atoms with van der Waals surface area (Å²) in [5.41, 5.74) is 1.25. The second-order valence-electron chi connectivity index (χ2n) is 6.34. The Balaban J connectivity index is 0.00000280. The van der Waals surface area contributed by atoms with Crippen molar-refractivity contribution in [3.05, 3.63) is 48.0 Å². The first kappa shape index (κ1) is 22.1. The first-order valence-electron chi connectivity index (χ1n) is 8.66. The number of aliphatic hydroxyl groups is 1. The lowest BCUT2D eigenvalue weighted by molar-refractivity contribution is -0.120. The molecule has 1 aliphatic rings. The highest BCUT2D eigenvalue weighted by Gasteiger charge is 2.27. The van der Waals surface area contributed by atoms with Gasteiger partial charge in [-0.3, -0.25) is 14.5 Å². The summed E-state index contributed by atoms with van der Waals surface area (Å²) in [7, 11) is 3.43. The summed E-state index contributed by atoms with van der Waals surface area (Å²) in [6, 6.07) is 5.84. The number of amides is 1. The second-order valence-corrected chi connectivity index (χ2v) is 6.34. The van der Waals surface area contributed by atoms with Crippen LogP contribution in [0.2, 0.25) is 0 Å². The average Bonchev–Trinajstić information content (AvgIpc) is 3.08. The van der Waals surface area contributed by atoms with E-state index in [2.05, 4.69) is 15.4 Å². The molecule has 1 amide bonds. The molecule has 1 aliphatic heterocycles. The van der Waals surface area contributed by atoms with E-state index in [1.54, 1.807) is 48.2 Å².